The number of aromatic nitrogens is 1. The lowest BCUT2D eigenvalue weighted by atomic mass is 10.1. The molecule has 0 aliphatic carbocycles. The van der Waals surface area contributed by atoms with E-state index in [1.807, 2.05) is 24.7 Å². The molecule has 1 atom stereocenters. The van der Waals surface area contributed by atoms with E-state index >= 15 is 0 Å². The maximum absolute atomic E-state index is 4.14. The maximum atomic E-state index is 4.14. The highest BCUT2D eigenvalue weighted by atomic mass is 15.2. The molecule has 1 aromatic heterocycles. The second-order valence-corrected chi connectivity index (χ2v) is 3.36. The van der Waals surface area contributed by atoms with Gasteiger partial charge in [-0.25, -0.2) is 0 Å². The van der Waals surface area contributed by atoms with Gasteiger partial charge in [-0.2, -0.15) is 0 Å². The van der Waals surface area contributed by atoms with Gasteiger partial charge >= 0.3 is 0 Å². The van der Waals surface area contributed by atoms with Crippen molar-refractivity contribution in [3.63, 3.8) is 0 Å². The lowest BCUT2D eigenvalue weighted by Gasteiger charge is -2.22. The molecule has 0 saturated carbocycles. The molecule has 2 nitrogen and oxygen atoms in total. The predicted molar refractivity (Wildman–Crippen MR) is 53.1 cm³/mol. The van der Waals surface area contributed by atoms with Crippen molar-refractivity contribution in [2.45, 2.75) is 18.9 Å². The lowest BCUT2D eigenvalue weighted by Crippen LogP contribution is -2.16. The fourth-order valence-electron chi connectivity index (χ4n) is 1.94. The second kappa shape index (κ2) is 3.60. The minimum absolute atomic E-state index is 0.506. The summed E-state index contributed by atoms with van der Waals surface area (Å²) in [6, 6.07) is 4.64. The summed E-state index contributed by atoms with van der Waals surface area (Å²) in [6.45, 7) is 4.95. The van der Waals surface area contributed by atoms with Crippen molar-refractivity contribution < 1.29 is 0 Å². The minimum atomic E-state index is 0.506. The molecule has 0 aromatic carbocycles. The van der Waals surface area contributed by atoms with Crippen LogP contribution >= 0.6 is 0 Å². The number of pyridine rings is 1. The van der Waals surface area contributed by atoms with E-state index in [2.05, 4.69) is 22.5 Å². The largest absolute Gasteiger partial charge is 0.371 e. The van der Waals surface area contributed by atoms with E-state index in [1.54, 1.807) is 0 Å². The Bertz CT molecular complexity index is 281. The summed E-state index contributed by atoms with van der Waals surface area (Å²) in [5.74, 6) is 0. The van der Waals surface area contributed by atoms with Gasteiger partial charge in [0.2, 0.25) is 0 Å². The molecular weight excluding hydrogens is 160 g/mol. The molecule has 2 heteroatoms. The van der Waals surface area contributed by atoms with Gasteiger partial charge in [-0.15, -0.1) is 0 Å². The molecule has 0 radical (unpaired) electrons. The third-order valence-electron chi connectivity index (χ3n) is 2.60. The van der Waals surface area contributed by atoms with Crippen LogP contribution in [0.5, 0.6) is 0 Å². The lowest BCUT2D eigenvalue weighted by molar-refractivity contribution is 0.359. The van der Waals surface area contributed by atoms with Gasteiger partial charge in [-0.3, -0.25) is 4.98 Å². The van der Waals surface area contributed by atoms with Crippen molar-refractivity contribution in [3.05, 3.63) is 42.9 Å². The molecule has 2 heterocycles. The molecule has 2 rings (SSSR count). The Hall–Kier alpha value is -1.31. The summed E-state index contributed by atoms with van der Waals surface area (Å²) in [5, 5.41) is 0. The van der Waals surface area contributed by atoms with E-state index in [9.17, 15) is 0 Å². The first-order valence-corrected chi connectivity index (χ1v) is 4.70. The number of nitrogens with zero attached hydrogens (tertiary/aromatic N) is 2. The molecule has 1 saturated heterocycles. The van der Waals surface area contributed by atoms with Crippen LogP contribution in [0.4, 0.5) is 0 Å². The van der Waals surface area contributed by atoms with E-state index in [0.29, 0.717) is 6.04 Å². The van der Waals surface area contributed by atoms with Gasteiger partial charge in [0, 0.05) is 18.9 Å². The fraction of sp³-hybridized carbons (Fsp3) is 0.364. The van der Waals surface area contributed by atoms with Crippen molar-refractivity contribution in [2.75, 3.05) is 6.54 Å². The maximum Gasteiger partial charge on any atom is 0.0552 e. The standard InChI is InChI=1S/C11H14N2/c1-2-13-8-4-6-11(13)10-5-3-7-12-9-10/h2-3,5,7,9,11H,1,4,6,8H2. The Morgan fingerprint density at radius 2 is 2.54 bits per heavy atom. The Kier molecular flexibility index (Phi) is 2.30. The van der Waals surface area contributed by atoms with Crippen LogP contribution in [0.2, 0.25) is 0 Å². The normalized spacial score (nSPS) is 21.8. The molecule has 0 spiro atoms. The predicted octanol–water partition coefficient (Wildman–Crippen LogP) is 2.36. The third kappa shape index (κ3) is 1.57. The van der Waals surface area contributed by atoms with Crippen LogP contribution in [0, 0.1) is 0 Å². The van der Waals surface area contributed by atoms with Gasteiger partial charge in [0.1, 0.15) is 0 Å². The quantitative estimate of drug-likeness (QED) is 0.684. The molecule has 0 N–H and O–H groups in total. The molecule has 1 aliphatic rings. The first-order valence-electron chi connectivity index (χ1n) is 4.70. The molecule has 1 aliphatic heterocycles. The van der Waals surface area contributed by atoms with Crippen LogP contribution in [0.25, 0.3) is 0 Å². The van der Waals surface area contributed by atoms with Crippen LogP contribution < -0.4 is 0 Å². The molecule has 0 bridgehead atoms. The number of hydrogen-bond donors (Lipinski definition) is 0. The minimum Gasteiger partial charge on any atom is -0.371 e. The topological polar surface area (TPSA) is 16.1 Å². The SMILES string of the molecule is C=CN1CCCC1c1cccnc1. The average Bonchev–Trinajstić information content (AvgIpc) is 2.67. The summed E-state index contributed by atoms with van der Waals surface area (Å²) in [7, 11) is 0. The molecule has 13 heavy (non-hydrogen) atoms. The van der Waals surface area contributed by atoms with Crippen molar-refractivity contribution in [1.82, 2.24) is 9.88 Å². The van der Waals surface area contributed by atoms with E-state index < -0.39 is 0 Å². The zero-order valence-corrected chi connectivity index (χ0v) is 7.69. The summed E-state index contributed by atoms with van der Waals surface area (Å²) in [4.78, 5) is 6.43. The van der Waals surface area contributed by atoms with Gasteiger partial charge < -0.3 is 4.90 Å². The highest BCUT2D eigenvalue weighted by Gasteiger charge is 2.22. The fourth-order valence-corrected chi connectivity index (χ4v) is 1.94. The summed E-state index contributed by atoms with van der Waals surface area (Å²) in [5.41, 5.74) is 1.31. The van der Waals surface area contributed by atoms with Crippen molar-refractivity contribution in [2.24, 2.45) is 0 Å². The van der Waals surface area contributed by atoms with E-state index in [0.717, 1.165) is 6.54 Å². The molecular formula is C11H14N2. The molecule has 68 valence electrons. The molecule has 1 fully saturated rings. The summed E-state index contributed by atoms with van der Waals surface area (Å²) >= 11 is 0. The van der Waals surface area contributed by atoms with Gasteiger partial charge in [-0.05, 0) is 30.7 Å². The monoisotopic (exact) mass is 174 g/mol. The van der Waals surface area contributed by atoms with Crippen LogP contribution in [0.3, 0.4) is 0 Å². The molecule has 0 amide bonds. The Morgan fingerprint density at radius 1 is 1.62 bits per heavy atom. The number of hydrogen-bond acceptors (Lipinski definition) is 2. The summed E-state index contributed by atoms with van der Waals surface area (Å²) < 4.78 is 0. The Morgan fingerprint density at radius 3 is 3.23 bits per heavy atom. The van der Waals surface area contributed by atoms with Crippen molar-refractivity contribution in [3.8, 4) is 0 Å². The average molecular weight is 174 g/mol. The highest BCUT2D eigenvalue weighted by molar-refractivity contribution is 5.16. The smallest absolute Gasteiger partial charge is 0.0552 e. The first kappa shape index (κ1) is 8.30. The Labute approximate surface area is 78.9 Å². The van der Waals surface area contributed by atoms with Crippen molar-refractivity contribution in [1.29, 1.82) is 0 Å². The van der Waals surface area contributed by atoms with Crippen molar-refractivity contribution >= 4 is 0 Å². The third-order valence-corrected chi connectivity index (χ3v) is 2.60. The highest BCUT2D eigenvalue weighted by Crippen LogP contribution is 2.30. The van der Waals surface area contributed by atoms with Crippen LogP contribution in [-0.2, 0) is 0 Å². The van der Waals surface area contributed by atoms with E-state index in [1.165, 1.54) is 18.4 Å². The van der Waals surface area contributed by atoms with Crippen LogP contribution in [0.1, 0.15) is 24.4 Å². The zero-order valence-electron chi connectivity index (χ0n) is 7.69. The van der Waals surface area contributed by atoms with Gasteiger partial charge in [-0.1, -0.05) is 12.6 Å². The Balaban J connectivity index is 2.21. The van der Waals surface area contributed by atoms with Crippen LogP contribution in [0.15, 0.2) is 37.3 Å². The van der Waals surface area contributed by atoms with E-state index in [4.69, 9.17) is 0 Å². The van der Waals surface area contributed by atoms with Gasteiger partial charge in [0.05, 0.1) is 6.04 Å². The van der Waals surface area contributed by atoms with Gasteiger partial charge in [0.15, 0.2) is 0 Å². The number of likely N-dealkylation sites (tertiary alicyclic amines) is 1. The second-order valence-electron chi connectivity index (χ2n) is 3.36. The summed E-state index contributed by atoms with van der Waals surface area (Å²) in [6.07, 6.45) is 8.18. The first-order chi connectivity index (χ1) is 6.42. The zero-order chi connectivity index (χ0) is 9.10. The molecule has 1 aromatic rings. The van der Waals surface area contributed by atoms with Gasteiger partial charge in [0.25, 0.3) is 0 Å². The van der Waals surface area contributed by atoms with E-state index in [-0.39, 0.29) is 0 Å². The number of rotatable bonds is 2. The van der Waals surface area contributed by atoms with Crippen LogP contribution in [-0.4, -0.2) is 16.4 Å². The molecule has 1 unspecified atom stereocenters.